The van der Waals surface area contributed by atoms with Gasteiger partial charge in [-0.1, -0.05) is 26.0 Å². The number of aromatic nitrogens is 2. The van der Waals surface area contributed by atoms with Crippen LogP contribution >= 0.6 is 11.5 Å². The first-order chi connectivity index (χ1) is 10.6. The summed E-state index contributed by atoms with van der Waals surface area (Å²) in [5.74, 6) is 1.36. The third kappa shape index (κ3) is 2.95. The van der Waals surface area contributed by atoms with E-state index in [1.54, 1.807) is 0 Å². The monoisotopic (exact) mass is 316 g/mol. The van der Waals surface area contributed by atoms with E-state index in [1.165, 1.54) is 35.6 Å². The maximum absolute atomic E-state index is 4.75. The molecule has 0 amide bonds. The van der Waals surface area contributed by atoms with Gasteiger partial charge in [0.25, 0.3) is 0 Å². The summed E-state index contributed by atoms with van der Waals surface area (Å²) in [6.45, 7) is 5.37. The largest absolute Gasteiger partial charge is 0.378 e. The molecule has 1 aromatic carbocycles. The SMILES string of the molecule is CC(C)c1nsc(N2CCCC2c2cccc(N(C)C)c2)n1. The molecule has 1 aliphatic rings. The maximum atomic E-state index is 4.75. The standard InChI is InChI=1S/C17H24N4S/c1-12(2)16-18-17(22-19-16)21-10-6-9-15(21)13-7-5-8-14(11-13)20(3)4/h5,7-8,11-12,15H,6,9-10H2,1-4H3. The van der Waals surface area contributed by atoms with E-state index < -0.39 is 0 Å². The van der Waals surface area contributed by atoms with Crippen molar-refractivity contribution >= 4 is 22.4 Å². The summed E-state index contributed by atoms with van der Waals surface area (Å²) in [7, 11) is 4.18. The molecule has 4 nitrogen and oxygen atoms in total. The van der Waals surface area contributed by atoms with Crippen LogP contribution in [0.1, 0.15) is 50.0 Å². The van der Waals surface area contributed by atoms with Gasteiger partial charge >= 0.3 is 0 Å². The summed E-state index contributed by atoms with van der Waals surface area (Å²) in [5, 5.41) is 1.07. The van der Waals surface area contributed by atoms with E-state index in [1.807, 2.05) is 0 Å². The molecule has 0 spiro atoms. The average Bonchev–Trinajstić information content (AvgIpc) is 3.16. The average molecular weight is 316 g/mol. The van der Waals surface area contributed by atoms with Crippen molar-refractivity contribution in [2.24, 2.45) is 0 Å². The Hall–Kier alpha value is -1.62. The number of nitrogens with zero attached hydrogens (tertiary/aromatic N) is 4. The van der Waals surface area contributed by atoms with Gasteiger partial charge in [0.15, 0.2) is 0 Å². The second-order valence-electron chi connectivity index (χ2n) is 6.43. The lowest BCUT2D eigenvalue weighted by Gasteiger charge is -2.25. The highest BCUT2D eigenvalue weighted by Gasteiger charge is 2.29. The fourth-order valence-electron chi connectivity index (χ4n) is 2.93. The Bertz CT molecular complexity index is 635. The Morgan fingerprint density at radius 3 is 2.82 bits per heavy atom. The van der Waals surface area contributed by atoms with Gasteiger partial charge in [-0.2, -0.15) is 4.37 Å². The molecule has 1 aromatic heterocycles. The minimum absolute atomic E-state index is 0.392. The van der Waals surface area contributed by atoms with Gasteiger partial charge in [0.2, 0.25) is 5.13 Å². The molecule has 0 saturated carbocycles. The van der Waals surface area contributed by atoms with Crippen molar-refractivity contribution < 1.29 is 0 Å². The first-order valence-corrected chi connectivity index (χ1v) is 8.71. The van der Waals surface area contributed by atoms with Crippen molar-refractivity contribution in [3.63, 3.8) is 0 Å². The number of hydrogen-bond donors (Lipinski definition) is 0. The minimum atomic E-state index is 0.392. The van der Waals surface area contributed by atoms with Gasteiger partial charge in [0, 0.05) is 43.8 Å². The molecule has 5 heteroatoms. The molecular weight excluding hydrogens is 292 g/mol. The molecule has 0 N–H and O–H groups in total. The molecule has 22 heavy (non-hydrogen) atoms. The molecule has 1 unspecified atom stereocenters. The summed E-state index contributed by atoms with van der Waals surface area (Å²) in [6, 6.07) is 9.27. The molecule has 0 radical (unpaired) electrons. The third-order valence-corrected chi connectivity index (χ3v) is 4.98. The number of anilines is 2. The van der Waals surface area contributed by atoms with Crippen LogP contribution in [0, 0.1) is 0 Å². The molecule has 1 aliphatic heterocycles. The van der Waals surface area contributed by atoms with E-state index in [0.717, 1.165) is 17.5 Å². The molecule has 1 atom stereocenters. The maximum Gasteiger partial charge on any atom is 0.205 e. The van der Waals surface area contributed by atoms with E-state index in [-0.39, 0.29) is 0 Å². The highest BCUT2D eigenvalue weighted by atomic mass is 32.1. The van der Waals surface area contributed by atoms with Crippen LogP contribution in [0.15, 0.2) is 24.3 Å². The van der Waals surface area contributed by atoms with Crippen molar-refractivity contribution in [2.75, 3.05) is 30.4 Å². The van der Waals surface area contributed by atoms with Crippen molar-refractivity contribution in [3.8, 4) is 0 Å². The smallest absolute Gasteiger partial charge is 0.205 e. The predicted molar refractivity (Wildman–Crippen MR) is 94.1 cm³/mol. The fraction of sp³-hybridized carbons (Fsp3) is 0.529. The lowest BCUT2D eigenvalue weighted by molar-refractivity contribution is 0.712. The van der Waals surface area contributed by atoms with E-state index in [4.69, 9.17) is 4.98 Å². The van der Waals surface area contributed by atoms with E-state index in [0.29, 0.717) is 12.0 Å². The molecule has 1 saturated heterocycles. The zero-order valence-corrected chi connectivity index (χ0v) is 14.6. The van der Waals surface area contributed by atoms with Gasteiger partial charge in [0.1, 0.15) is 5.82 Å². The Labute approximate surface area is 137 Å². The van der Waals surface area contributed by atoms with Gasteiger partial charge in [-0.25, -0.2) is 4.98 Å². The summed E-state index contributed by atoms with van der Waals surface area (Å²) >= 11 is 1.54. The normalized spacial score (nSPS) is 18.2. The first-order valence-electron chi connectivity index (χ1n) is 7.94. The first kappa shape index (κ1) is 15.3. The Morgan fingerprint density at radius 1 is 1.32 bits per heavy atom. The molecule has 2 aromatic rings. The molecule has 2 heterocycles. The predicted octanol–water partition coefficient (Wildman–Crippen LogP) is 4.07. The Balaban J connectivity index is 1.87. The highest BCUT2D eigenvalue weighted by Crippen LogP contribution is 2.38. The van der Waals surface area contributed by atoms with Gasteiger partial charge in [0.05, 0.1) is 6.04 Å². The van der Waals surface area contributed by atoms with Crippen LogP contribution in [0.5, 0.6) is 0 Å². The van der Waals surface area contributed by atoms with Crippen molar-refractivity contribution in [2.45, 2.75) is 38.6 Å². The number of rotatable bonds is 4. The summed E-state index contributed by atoms with van der Waals surface area (Å²) in [4.78, 5) is 9.33. The summed E-state index contributed by atoms with van der Waals surface area (Å²) in [6.07, 6.45) is 2.40. The van der Waals surface area contributed by atoms with E-state index in [2.05, 4.69) is 66.4 Å². The molecule has 0 bridgehead atoms. The lowest BCUT2D eigenvalue weighted by atomic mass is 10.0. The molecule has 1 fully saturated rings. The van der Waals surface area contributed by atoms with Crippen LogP contribution in [-0.2, 0) is 0 Å². The van der Waals surface area contributed by atoms with Crippen LogP contribution in [0.2, 0.25) is 0 Å². The van der Waals surface area contributed by atoms with Crippen LogP contribution in [0.3, 0.4) is 0 Å². The molecular formula is C17H24N4S. The van der Waals surface area contributed by atoms with Crippen molar-refractivity contribution in [1.82, 2.24) is 9.36 Å². The summed E-state index contributed by atoms with van der Waals surface area (Å²) < 4.78 is 4.51. The minimum Gasteiger partial charge on any atom is -0.378 e. The quantitative estimate of drug-likeness (QED) is 0.851. The van der Waals surface area contributed by atoms with Crippen LogP contribution in [0.4, 0.5) is 10.8 Å². The van der Waals surface area contributed by atoms with Crippen molar-refractivity contribution in [1.29, 1.82) is 0 Å². The fourth-order valence-corrected chi connectivity index (χ4v) is 3.81. The molecule has 3 rings (SSSR count). The summed E-state index contributed by atoms with van der Waals surface area (Å²) in [5.41, 5.74) is 2.63. The second-order valence-corrected chi connectivity index (χ2v) is 7.16. The van der Waals surface area contributed by atoms with Crippen molar-refractivity contribution in [3.05, 3.63) is 35.7 Å². The number of hydrogen-bond acceptors (Lipinski definition) is 5. The molecule has 118 valence electrons. The van der Waals surface area contributed by atoms with Gasteiger partial charge in [-0.15, -0.1) is 0 Å². The lowest BCUT2D eigenvalue weighted by Crippen LogP contribution is -2.22. The van der Waals surface area contributed by atoms with Gasteiger partial charge < -0.3 is 9.80 Å². The zero-order valence-electron chi connectivity index (χ0n) is 13.8. The van der Waals surface area contributed by atoms with Crippen LogP contribution < -0.4 is 9.80 Å². The third-order valence-electron chi connectivity index (χ3n) is 4.22. The Morgan fingerprint density at radius 2 is 2.14 bits per heavy atom. The highest BCUT2D eigenvalue weighted by molar-refractivity contribution is 7.09. The topological polar surface area (TPSA) is 32.3 Å². The van der Waals surface area contributed by atoms with Gasteiger partial charge in [-0.05, 0) is 30.5 Å². The molecule has 0 aliphatic carbocycles. The zero-order chi connectivity index (χ0) is 15.7. The van der Waals surface area contributed by atoms with Crippen LogP contribution in [0.25, 0.3) is 0 Å². The Kier molecular flexibility index (Phi) is 4.34. The second kappa shape index (κ2) is 6.24. The number of benzene rings is 1. The van der Waals surface area contributed by atoms with Gasteiger partial charge in [-0.3, -0.25) is 0 Å². The van der Waals surface area contributed by atoms with E-state index >= 15 is 0 Å². The van der Waals surface area contributed by atoms with E-state index in [9.17, 15) is 0 Å². The van der Waals surface area contributed by atoms with Crippen LogP contribution in [-0.4, -0.2) is 30.0 Å².